The largest absolute Gasteiger partial charge is 0.337 e. The summed E-state index contributed by atoms with van der Waals surface area (Å²) in [6.07, 6.45) is 2.33. The Morgan fingerprint density at radius 1 is 1.24 bits per heavy atom. The highest BCUT2D eigenvalue weighted by Gasteiger charge is 2.33. The summed E-state index contributed by atoms with van der Waals surface area (Å²) in [4.78, 5) is 16.0. The topological polar surface area (TPSA) is 51.0 Å². The molecule has 0 unspecified atom stereocenters. The summed E-state index contributed by atoms with van der Waals surface area (Å²) in [6.45, 7) is 10.2. The van der Waals surface area contributed by atoms with Crippen molar-refractivity contribution in [2.24, 2.45) is 0 Å². The van der Waals surface area contributed by atoms with Gasteiger partial charge in [-0.05, 0) is 58.9 Å². The molecule has 0 radical (unpaired) electrons. The van der Waals surface area contributed by atoms with Gasteiger partial charge in [-0.2, -0.15) is 0 Å². The molecule has 2 aromatic rings. The normalized spacial score (nSPS) is 15.8. The fourth-order valence-corrected chi connectivity index (χ4v) is 4.80. The van der Waals surface area contributed by atoms with Crippen LogP contribution in [0.4, 0.5) is 0 Å². The lowest BCUT2D eigenvalue weighted by Crippen LogP contribution is -2.45. The third kappa shape index (κ3) is 3.92. The van der Waals surface area contributed by atoms with E-state index in [9.17, 15) is 4.79 Å². The zero-order chi connectivity index (χ0) is 18.1. The van der Waals surface area contributed by atoms with E-state index in [4.69, 9.17) is 0 Å². The van der Waals surface area contributed by atoms with Gasteiger partial charge in [-0.25, -0.2) is 0 Å². The van der Waals surface area contributed by atoms with Gasteiger partial charge in [-0.1, -0.05) is 17.8 Å². The first-order valence-electron chi connectivity index (χ1n) is 8.87. The lowest BCUT2D eigenvalue weighted by Gasteiger charge is -2.32. The molecule has 25 heavy (non-hydrogen) atoms. The molecule has 136 valence electrons. The van der Waals surface area contributed by atoms with Crippen molar-refractivity contribution < 1.29 is 4.79 Å². The van der Waals surface area contributed by atoms with Crippen LogP contribution in [-0.2, 0) is 4.79 Å². The van der Waals surface area contributed by atoms with E-state index in [0.29, 0.717) is 6.04 Å². The molecule has 1 aliphatic carbocycles. The molecule has 1 fully saturated rings. The number of thiophene rings is 1. The summed E-state index contributed by atoms with van der Waals surface area (Å²) >= 11 is 3.21. The maximum Gasteiger partial charge on any atom is 0.236 e. The molecule has 3 rings (SSSR count). The standard InChI is InChI=1S/C18H26N4OS2/c1-11(2)21(12(3)4)17(23)13(5)25-18-20-19-16(15-7-6-10-24-15)22(18)14-8-9-14/h6-7,10-14H,8-9H2,1-5H3/t13-/m0/s1. The average Bonchev–Trinajstić information content (AvgIpc) is 3.07. The second-order valence-corrected chi connectivity index (χ2v) is 9.33. The zero-order valence-electron chi connectivity index (χ0n) is 15.5. The highest BCUT2D eigenvalue weighted by molar-refractivity contribution is 8.00. The smallest absolute Gasteiger partial charge is 0.236 e. The van der Waals surface area contributed by atoms with Crippen LogP contribution >= 0.6 is 23.1 Å². The van der Waals surface area contributed by atoms with Crippen molar-refractivity contribution in [1.29, 1.82) is 0 Å². The number of amides is 1. The summed E-state index contributed by atoms with van der Waals surface area (Å²) in [6, 6.07) is 4.98. The molecule has 2 heterocycles. The summed E-state index contributed by atoms with van der Waals surface area (Å²) in [5.41, 5.74) is 0. The highest BCUT2D eigenvalue weighted by atomic mass is 32.2. The second-order valence-electron chi connectivity index (χ2n) is 7.08. The number of aromatic nitrogens is 3. The molecule has 0 aliphatic heterocycles. The Kier molecular flexibility index (Phi) is 5.53. The SMILES string of the molecule is CC(C)N(C(=O)[C@H](C)Sc1nnc(-c2cccs2)n1C1CC1)C(C)C. The van der Waals surface area contributed by atoms with E-state index in [1.165, 1.54) is 11.8 Å². The van der Waals surface area contributed by atoms with Crippen LogP contribution in [0.25, 0.3) is 10.7 Å². The van der Waals surface area contributed by atoms with Gasteiger partial charge in [0.2, 0.25) is 5.91 Å². The fraction of sp³-hybridized carbons (Fsp3) is 0.611. The average molecular weight is 379 g/mol. The predicted octanol–water partition coefficient (Wildman–Crippen LogP) is 4.47. The van der Waals surface area contributed by atoms with Gasteiger partial charge in [0, 0.05) is 18.1 Å². The predicted molar refractivity (Wildman–Crippen MR) is 104 cm³/mol. The Hall–Kier alpha value is -1.34. The molecule has 0 N–H and O–H groups in total. The van der Waals surface area contributed by atoms with Gasteiger partial charge in [-0.3, -0.25) is 9.36 Å². The van der Waals surface area contributed by atoms with Crippen LogP contribution in [0.15, 0.2) is 22.7 Å². The van der Waals surface area contributed by atoms with Gasteiger partial charge in [0.25, 0.3) is 0 Å². The molecule has 0 spiro atoms. The van der Waals surface area contributed by atoms with E-state index in [2.05, 4.69) is 53.9 Å². The van der Waals surface area contributed by atoms with Crippen LogP contribution < -0.4 is 0 Å². The van der Waals surface area contributed by atoms with Crippen molar-refractivity contribution in [2.45, 2.75) is 76.0 Å². The van der Waals surface area contributed by atoms with Crippen molar-refractivity contribution in [3.63, 3.8) is 0 Å². The van der Waals surface area contributed by atoms with Gasteiger partial charge in [0.1, 0.15) is 0 Å². The molecule has 0 aromatic carbocycles. The van der Waals surface area contributed by atoms with Crippen LogP contribution in [0.5, 0.6) is 0 Å². The Morgan fingerprint density at radius 3 is 2.44 bits per heavy atom. The highest BCUT2D eigenvalue weighted by Crippen LogP contribution is 2.42. The quantitative estimate of drug-likeness (QED) is 0.667. The van der Waals surface area contributed by atoms with Crippen molar-refractivity contribution in [3.8, 4) is 10.7 Å². The van der Waals surface area contributed by atoms with E-state index in [-0.39, 0.29) is 23.2 Å². The van der Waals surface area contributed by atoms with E-state index >= 15 is 0 Å². The first-order chi connectivity index (χ1) is 11.9. The monoisotopic (exact) mass is 378 g/mol. The minimum Gasteiger partial charge on any atom is -0.337 e. The lowest BCUT2D eigenvalue weighted by molar-refractivity contribution is -0.133. The van der Waals surface area contributed by atoms with Crippen LogP contribution in [0.3, 0.4) is 0 Å². The van der Waals surface area contributed by atoms with Crippen molar-refractivity contribution >= 4 is 29.0 Å². The first-order valence-corrected chi connectivity index (χ1v) is 10.6. The maximum atomic E-state index is 12.9. The number of nitrogens with zero attached hydrogens (tertiary/aromatic N) is 4. The molecular formula is C18H26N4OS2. The molecular weight excluding hydrogens is 352 g/mol. The Morgan fingerprint density at radius 2 is 1.92 bits per heavy atom. The summed E-state index contributed by atoms with van der Waals surface area (Å²) in [7, 11) is 0. The van der Waals surface area contributed by atoms with Gasteiger partial charge in [0.15, 0.2) is 11.0 Å². The molecule has 0 saturated heterocycles. The number of carbonyl (C=O) groups is 1. The number of hydrogen-bond acceptors (Lipinski definition) is 5. The van der Waals surface area contributed by atoms with E-state index in [1.54, 1.807) is 11.3 Å². The molecule has 5 nitrogen and oxygen atoms in total. The molecule has 0 bridgehead atoms. The Bertz CT molecular complexity index is 712. The molecule has 1 atom stereocenters. The van der Waals surface area contributed by atoms with Gasteiger partial charge in [0.05, 0.1) is 10.1 Å². The first kappa shape index (κ1) is 18.5. The van der Waals surface area contributed by atoms with Gasteiger partial charge < -0.3 is 4.90 Å². The van der Waals surface area contributed by atoms with Gasteiger partial charge >= 0.3 is 0 Å². The van der Waals surface area contributed by atoms with Crippen LogP contribution in [0.1, 0.15) is 53.5 Å². The van der Waals surface area contributed by atoms with Crippen molar-refractivity contribution in [3.05, 3.63) is 17.5 Å². The molecule has 1 amide bonds. The summed E-state index contributed by atoms with van der Waals surface area (Å²) in [5, 5.41) is 11.6. The van der Waals surface area contributed by atoms with Crippen LogP contribution in [0.2, 0.25) is 0 Å². The van der Waals surface area contributed by atoms with Crippen LogP contribution in [-0.4, -0.2) is 42.9 Å². The fourth-order valence-electron chi connectivity index (χ4n) is 3.12. The zero-order valence-corrected chi connectivity index (χ0v) is 17.1. The molecule has 2 aromatic heterocycles. The third-order valence-corrected chi connectivity index (χ3v) is 6.23. The summed E-state index contributed by atoms with van der Waals surface area (Å²) < 4.78 is 2.23. The van der Waals surface area contributed by atoms with Crippen molar-refractivity contribution in [2.75, 3.05) is 0 Å². The molecule has 1 saturated carbocycles. The Balaban J connectivity index is 1.82. The minimum absolute atomic E-state index is 0.165. The number of carbonyl (C=O) groups excluding carboxylic acids is 1. The summed E-state index contributed by atoms with van der Waals surface area (Å²) in [5.74, 6) is 1.10. The van der Waals surface area contributed by atoms with Crippen molar-refractivity contribution in [1.82, 2.24) is 19.7 Å². The van der Waals surface area contributed by atoms with E-state index in [0.717, 1.165) is 28.7 Å². The Labute approximate surface area is 157 Å². The number of thioether (sulfide) groups is 1. The van der Waals surface area contributed by atoms with Crippen LogP contribution in [0, 0.1) is 0 Å². The molecule has 1 aliphatic rings. The van der Waals surface area contributed by atoms with E-state index < -0.39 is 0 Å². The third-order valence-electron chi connectivity index (χ3n) is 4.32. The second kappa shape index (κ2) is 7.50. The lowest BCUT2D eigenvalue weighted by atomic mass is 10.2. The minimum atomic E-state index is -0.178. The molecule has 7 heteroatoms. The maximum absolute atomic E-state index is 12.9. The number of rotatable bonds is 7. The number of hydrogen-bond donors (Lipinski definition) is 0. The van der Waals surface area contributed by atoms with Gasteiger partial charge in [-0.15, -0.1) is 21.5 Å². The van der Waals surface area contributed by atoms with E-state index in [1.807, 2.05) is 17.9 Å².